The average Bonchev–Trinajstić information content (AvgIpc) is 2.49. The predicted octanol–water partition coefficient (Wildman–Crippen LogP) is 3.53. The number of amides is 2. The molecule has 0 heterocycles. The first-order valence-electron chi connectivity index (χ1n) is 9.54. The third-order valence-corrected chi connectivity index (χ3v) is 5.48. The number of rotatable bonds is 5. The first-order chi connectivity index (χ1) is 12.7. The summed E-state index contributed by atoms with van der Waals surface area (Å²) in [6.07, 6.45) is 4.29. The van der Waals surface area contributed by atoms with Gasteiger partial charge < -0.3 is 10.1 Å². The van der Waals surface area contributed by atoms with E-state index in [1.807, 2.05) is 32.9 Å². The van der Waals surface area contributed by atoms with Crippen molar-refractivity contribution >= 4 is 18.2 Å². The minimum absolute atomic E-state index is 0.188. The third-order valence-electron chi connectivity index (χ3n) is 5.48. The van der Waals surface area contributed by atoms with Gasteiger partial charge in [0.2, 0.25) is 6.41 Å². The molecular weight excluding hydrogens is 342 g/mol. The van der Waals surface area contributed by atoms with Crippen LogP contribution >= 0.6 is 0 Å². The Hall–Kier alpha value is -2.37. The van der Waals surface area contributed by atoms with Crippen LogP contribution < -0.4 is 10.7 Å². The van der Waals surface area contributed by atoms with Gasteiger partial charge in [-0.1, -0.05) is 24.3 Å². The van der Waals surface area contributed by atoms with E-state index < -0.39 is 5.60 Å². The molecule has 1 spiro atoms. The van der Waals surface area contributed by atoms with Crippen molar-refractivity contribution in [2.24, 2.45) is 16.4 Å². The van der Waals surface area contributed by atoms with Crippen LogP contribution in [-0.4, -0.2) is 29.9 Å². The molecule has 146 valence electrons. The maximum absolute atomic E-state index is 11.9. The molecule has 1 aromatic rings. The Morgan fingerprint density at radius 2 is 1.89 bits per heavy atom. The highest BCUT2D eigenvalue weighted by Crippen LogP contribution is 2.59. The highest BCUT2D eigenvalue weighted by Gasteiger charge is 2.54. The largest absolute Gasteiger partial charge is 0.444 e. The highest BCUT2D eigenvalue weighted by molar-refractivity contribution is 6.04. The van der Waals surface area contributed by atoms with E-state index in [-0.39, 0.29) is 17.6 Å². The van der Waals surface area contributed by atoms with Crippen molar-refractivity contribution in [1.29, 1.82) is 0 Å². The fourth-order valence-electron chi connectivity index (χ4n) is 4.40. The Balaban J connectivity index is 1.56. The van der Waals surface area contributed by atoms with E-state index in [0.29, 0.717) is 12.3 Å². The molecule has 0 radical (unpaired) electrons. The number of ether oxygens (including phenoxy) is 1. The van der Waals surface area contributed by atoms with Crippen LogP contribution in [-0.2, 0) is 9.53 Å². The molecule has 0 aromatic heterocycles. The average molecular weight is 371 g/mol. The van der Waals surface area contributed by atoms with Crippen LogP contribution in [0.3, 0.4) is 0 Å². The Morgan fingerprint density at radius 1 is 1.22 bits per heavy atom. The summed E-state index contributed by atoms with van der Waals surface area (Å²) in [6, 6.07) is 8.30. The van der Waals surface area contributed by atoms with Gasteiger partial charge in [0.1, 0.15) is 5.60 Å². The van der Waals surface area contributed by atoms with Gasteiger partial charge in [0, 0.05) is 17.5 Å². The predicted molar refractivity (Wildman–Crippen MR) is 104 cm³/mol. The van der Waals surface area contributed by atoms with Gasteiger partial charge >= 0.3 is 6.09 Å². The lowest BCUT2D eigenvalue weighted by Gasteiger charge is -2.58. The third kappa shape index (κ3) is 4.49. The maximum Gasteiger partial charge on any atom is 0.407 e. The molecule has 27 heavy (non-hydrogen) atoms. The Kier molecular flexibility index (Phi) is 5.27. The molecule has 3 rings (SSSR count). The first-order valence-corrected chi connectivity index (χ1v) is 9.54. The molecule has 6 nitrogen and oxygen atoms in total. The molecule has 2 fully saturated rings. The molecule has 6 heteroatoms. The van der Waals surface area contributed by atoms with Gasteiger partial charge in [-0.25, -0.2) is 10.2 Å². The van der Waals surface area contributed by atoms with Gasteiger partial charge in [-0.2, -0.15) is 5.10 Å². The van der Waals surface area contributed by atoms with E-state index in [1.165, 1.54) is 0 Å². The molecule has 2 amide bonds. The van der Waals surface area contributed by atoms with Crippen molar-refractivity contribution < 1.29 is 14.3 Å². The van der Waals surface area contributed by atoms with Gasteiger partial charge in [-0.05, 0) is 64.4 Å². The molecular formula is C21H29N3O3. The second-order valence-corrected chi connectivity index (χ2v) is 8.92. The van der Waals surface area contributed by atoms with Gasteiger partial charge in [-0.3, -0.25) is 4.79 Å². The summed E-state index contributed by atoms with van der Waals surface area (Å²) in [7, 11) is 0. The van der Waals surface area contributed by atoms with E-state index in [9.17, 15) is 9.59 Å². The van der Waals surface area contributed by atoms with Crippen LogP contribution in [0, 0.1) is 18.3 Å². The summed E-state index contributed by atoms with van der Waals surface area (Å²) in [6.45, 7) is 7.66. The van der Waals surface area contributed by atoms with Gasteiger partial charge in [0.25, 0.3) is 0 Å². The SMILES string of the molecule is Cc1ccccc1/C(=N\NC=O)C1CC2(CC(NC(=O)OC(C)(C)C)C2)C1. The molecule has 2 saturated carbocycles. The number of aryl methyl sites for hydroxylation is 1. The number of carbonyl (C=O) groups excluding carboxylic acids is 2. The molecule has 0 atom stereocenters. The Labute approximate surface area is 160 Å². The van der Waals surface area contributed by atoms with Crippen molar-refractivity contribution in [3.63, 3.8) is 0 Å². The molecule has 0 bridgehead atoms. The van der Waals surface area contributed by atoms with Crippen molar-refractivity contribution in [3.8, 4) is 0 Å². The van der Waals surface area contributed by atoms with Gasteiger partial charge in [-0.15, -0.1) is 0 Å². The zero-order valence-corrected chi connectivity index (χ0v) is 16.5. The number of hydrogen-bond acceptors (Lipinski definition) is 4. The second-order valence-electron chi connectivity index (χ2n) is 8.92. The number of nitrogens with zero attached hydrogens (tertiary/aromatic N) is 1. The van der Waals surface area contributed by atoms with Crippen LogP contribution in [0.5, 0.6) is 0 Å². The number of hydrogen-bond donors (Lipinski definition) is 2. The van der Waals surface area contributed by atoms with Crippen molar-refractivity contribution in [1.82, 2.24) is 10.7 Å². The summed E-state index contributed by atoms with van der Waals surface area (Å²) >= 11 is 0. The van der Waals surface area contributed by atoms with E-state index in [4.69, 9.17) is 4.74 Å². The summed E-state index contributed by atoms with van der Waals surface area (Å²) in [4.78, 5) is 22.6. The standard InChI is InChI=1S/C21H29N3O3/c1-14-7-5-6-8-17(14)18(24-22-13-25)15-9-21(10-15)11-16(12-21)23-19(26)27-20(2,3)4/h5-8,13,15-16H,9-12H2,1-4H3,(H,22,25)(H,23,26)/b24-18-. The fraction of sp³-hybridized carbons (Fsp3) is 0.571. The van der Waals surface area contributed by atoms with Crippen molar-refractivity contribution in [2.75, 3.05) is 0 Å². The number of hydrazone groups is 1. The zero-order chi connectivity index (χ0) is 19.7. The van der Waals surface area contributed by atoms with Gasteiger partial charge in [0.05, 0.1) is 5.71 Å². The number of benzene rings is 1. The van der Waals surface area contributed by atoms with Crippen LogP contribution in [0.25, 0.3) is 0 Å². The number of nitrogens with one attached hydrogen (secondary N) is 2. The van der Waals surface area contributed by atoms with Crippen LogP contribution in [0.1, 0.15) is 57.6 Å². The zero-order valence-electron chi connectivity index (χ0n) is 16.5. The fourth-order valence-corrected chi connectivity index (χ4v) is 4.40. The summed E-state index contributed by atoms with van der Waals surface area (Å²) in [5.74, 6) is 0.334. The molecule has 0 aliphatic heterocycles. The topological polar surface area (TPSA) is 79.8 Å². The van der Waals surface area contributed by atoms with Gasteiger partial charge in [0.15, 0.2) is 0 Å². The molecule has 0 saturated heterocycles. The monoisotopic (exact) mass is 371 g/mol. The van der Waals surface area contributed by atoms with Crippen LogP contribution in [0.4, 0.5) is 4.79 Å². The van der Waals surface area contributed by atoms with Crippen molar-refractivity contribution in [3.05, 3.63) is 35.4 Å². The molecule has 1 aromatic carbocycles. The summed E-state index contributed by atoms with van der Waals surface area (Å²) in [5, 5.41) is 7.30. The van der Waals surface area contributed by atoms with Crippen LogP contribution in [0.15, 0.2) is 29.4 Å². The number of alkyl carbamates (subject to hydrolysis) is 1. The van der Waals surface area contributed by atoms with E-state index in [2.05, 4.69) is 34.9 Å². The van der Waals surface area contributed by atoms with E-state index in [1.54, 1.807) is 0 Å². The van der Waals surface area contributed by atoms with E-state index in [0.717, 1.165) is 42.5 Å². The molecule has 2 N–H and O–H groups in total. The lowest BCUT2D eigenvalue weighted by atomic mass is 9.49. The molecule has 2 aliphatic rings. The van der Waals surface area contributed by atoms with E-state index >= 15 is 0 Å². The summed E-state index contributed by atoms with van der Waals surface area (Å²) in [5.41, 5.74) is 5.49. The number of carbonyl (C=O) groups is 2. The minimum atomic E-state index is -0.475. The highest BCUT2D eigenvalue weighted by atomic mass is 16.6. The second kappa shape index (κ2) is 7.33. The smallest absolute Gasteiger partial charge is 0.407 e. The minimum Gasteiger partial charge on any atom is -0.444 e. The molecule has 0 unspecified atom stereocenters. The Bertz CT molecular complexity index is 737. The van der Waals surface area contributed by atoms with Crippen LogP contribution in [0.2, 0.25) is 0 Å². The lowest BCUT2D eigenvalue weighted by molar-refractivity contribution is -0.109. The maximum atomic E-state index is 11.9. The normalized spacial score (nSPS) is 27.3. The molecule has 2 aliphatic carbocycles. The summed E-state index contributed by atoms with van der Waals surface area (Å²) < 4.78 is 5.33. The van der Waals surface area contributed by atoms with Crippen molar-refractivity contribution in [2.45, 2.75) is 65.0 Å². The quantitative estimate of drug-likeness (QED) is 0.472. The lowest BCUT2D eigenvalue weighted by Crippen LogP contribution is -2.58. The Morgan fingerprint density at radius 3 is 2.48 bits per heavy atom. The first kappa shape index (κ1) is 19.4.